The van der Waals surface area contributed by atoms with Crippen molar-refractivity contribution in [2.24, 2.45) is 5.92 Å². The van der Waals surface area contributed by atoms with Crippen LogP contribution >= 0.6 is 11.6 Å². The van der Waals surface area contributed by atoms with E-state index in [0.29, 0.717) is 29.5 Å². The van der Waals surface area contributed by atoms with Gasteiger partial charge in [-0.15, -0.1) is 0 Å². The molecule has 0 bridgehead atoms. The number of rotatable bonds is 4. The molecule has 1 amide bonds. The van der Waals surface area contributed by atoms with E-state index in [9.17, 15) is 9.59 Å². The Bertz CT molecular complexity index is 1020. The number of nitrogens with zero attached hydrogens (tertiary/aromatic N) is 3. The summed E-state index contributed by atoms with van der Waals surface area (Å²) >= 11 is 5.81. The summed E-state index contributed by atoms with van der Waals surface area (Å²) in [5.41, 5.74) is 2.09. The van der Waals surface area contributed by atoms with E-state index in [0.717, 1.165) is 17.5 Å². The van der Waals surface area contributed by atoms with Gasteiger partial charge >= 0.3 is 0 Å². The predicted octanol–water partition coefficient (Wildman–Crippen LogP) is 3.08. The van der Waals surface area contributed by atoms with Crippen molar-refractivity contribution in [2.45, 2.75) is 12.8 Å². The molecule has 6 nitrogen and oxygen atoms in total. The molecule has 3 aromatic heterocycles. The van der Waals surface area contributed by atoms with Gasteiger partial charge in [0.25, 0.3) is 5.56 Å². The number of hydrogen-bond donors (Lipinski definition) is 1. The van der Waals surface area contributed by atoms with E-state index in [-0.39, 0.29) is 17.4 Å². The van der Waals surface area contributed by atoms with Crippen molar-refractivity contribution in [3.05, 3.63) is 76.1 Å². The van der Waals surface area contributed by atoms with Crippen molar-refractivity contribution in [2.75, 3.05) is 11.4 Å². The molecule has 136 valence electrons. The standard InChI is InChI=1S/C20H17ClN4O2/c21-17-3-1-13(12-23-17)11-15-7-10-25(20(15)27)18-4-2-16(19(26)24-18)14-5-8-22-9-6-14/h1-6,8-9,12,15H,7,10-11H2,(H,24,26)/t15-/m1/s1. The number of carbonyl (C=O) groups excluding carboxylic acids is 1. The van der Waals surface area contributed by atoms with Gasteiger partial charge in [-0.1, -0.05) is 17.7 Å². The lowest BCUT2D eigenvalue weighted by atomic mass is 9.99. The highest BCUT2D eigenvalue weighted by molar-refractivity contribution is 6.29. The normalized spacial score (nSPS) is 16.7. The number of aromatic amines is 1. The summed E-state index contributed by atoms with van der Waals surface area (Å²) in [4.78, 5) is 37.8. The van der Waals surface area contributed by atoms with Gasteiger partial charge in [0.05, 0.1) is 0 Å². The van der Waals surface area contributed by atoms with Crippen LogP contribution in [0.25, 0.3) is 11.1 Å². The van der Waals surface area contributed by atoms with Crippen LogP contribution < -0.4 is 10.5 Å². The second-order valence-corrected chi connectivity index (χ2v) is 6.88. The largest absolute Gasteiger partial charge is 0.308 e. The second-order valence-electron chi connectivity index (χ2n) is 6.49. The van der Waals surface area contributed by atoms with Crippen LogP contribution in [0.1, 0.15) is 12.0 Å². The van der Waals surface area contributed by atoms with Crippen LogP contribution in [0.3, 0.4) is 0 Å². The molecule has 1 aliphatic rings. The Morgan fingerprint density at radius 1 is 1.11 bits per heavy atom. The maximum Gasteiger partial charge on any atom is 0.257 e. The minimum atomic E-state index is -0.225. The van der Waals surface area contributed by atoms with E-state index in [1.165, 1.54) is 0 Å². The van der Waals surface area contributed by atoms with Crippen LogP contribution in [0.4, 0.5) is 5.82 Å². The minimum Gasteiger partial charge on any atom is -0.308 e. The summed E-state index contributed by atoms with van der Waals surface area (Å²) in [5.74, 6) is 0.410. The van der Waals surface area contributed by atoms with E-state index in [4.69, 9.17) is 11.6 Å². The van der Waals surface area contributed by atoms with Gasteiger partial charge < -0.3 is 4.98 Å². The molecule has 0 saturated carbocycles. The number of pyridine rings is 3. The first-order chi connectivity index (χ1) is 13.1. The number of H-pyrrole nitrogens is 1. The highest BCUT2D eigenvalue weighted by atomic mass is 35.5. The van der Waals surface area contributed by atoms with E-state index in [1.807, 2.05) is 6.07 Å². The van der Waals surface area contributed by atoms with E-state index in [1.54, 1.807) is 53.8 Å². The molecule has 0 spiro atoms. The van der Waals surface area contributed by atoms with Crippen molar-refractivity contribution in [1.29, 1.82) is 0 Å². The van der Waals surface area contributed by atoms with Crippen LogP contribution in [0.5, 0.6) is 0 Å². The summed E-state index contributed by atoms with van der Waals surface area (Å²) < 4.78 is 0. The zero-order valence-corrected chi connectivity index (χ0v) is 15.2. The van der Waals surface area contributed by atoms with Gasteiger partial charge in [-0.3, -0.25) is 19.5 Å². The van der Waals surface area contributed by atoms with E-state index >= 15 is 0 Å². The Morgan fingerprint density at radius 2 is 1.93 bits per heavy atom. The van der Waals surface area contributed by atoms with Gasteiger partial charge in [-0.2, -0.15) is 0 Å². The average Bonchev–Trinajstić information content (AvgIpc) is 3.04. The van der Waals surface area contributed by atoms with Gasteiger partial charge in [0.15, 0.2) is 0 Å². The summed E-state index contributed by atoms with van der Waals surface area (Å²) in [6.07, 6.45) is 6.32. The highest BCUT2D eigenvalue weighted by Crippen LogP contribution is 2.27. The number of amides is 1. The monoisotopic (exact) mass is 380 g/mol. The number of halogens is 1. The third-order valence-corrected chi connectivity index (χ3v) is 4.99. The molecular formula is C20H17ClN4O2. The lowest BCUT2D eigenvalue weighted by Gasteiger charge is -2.17. The van der Waals surface area contributed by atoms with Crippen LogP contribution in [-0.2, 0) is 11.2 Å². The van der Waals surface area contributed by atoms with E-state index in [2.05, 4.69) is 15.0 Å². The quantitative estimate of drug-likeness (QED) is 0.705. The third kappa shape index (κ3) is 3.61. The molecule has 0 unspecified atom stereocenters. The molecule has 4 rings (SSSR count). The zero-order chi connectivity index (χ0) is 18.8. The second kappa shape index (κ2) is 7.32. The fraction of sp³-hybridized carbons (Fsp3) is 0.200. The summed E-state index contributed by atoms with van der Waals surface area (Å²) in [7, 11) is 0. The first kappa shape index (κ1) is 17.4. The molecule has 1 fully saturated rings. The third-order valence-electron chi connectivity index (χ3n) is 4.76. The van der Waals surface area contributed by atoms with Crippen LogP contribution in [-0.4, -0.2) is 27.4 Å². The van der Waals surface area contributed by atoms with Crippen molar-refractivity contribution >= 4 is 23.3 Å². The molecule has 1 saturated heterocycles. The zero-order valence-electron chi connectivity index (χ0n) is 14.4. The number of anilines is 1. The molecule has 1 aliphatic heterocycles. The maximum atomic E-state index is 12.8. The lowest BCUT2D eigenvalue weighted by molar-refractivity contribution is -0.120. The van der Waals surface area contributed by atoms with Crippen molar-refractivity contribution in [3.63, 3.8) is 0 Å². The van der Waals surface area contributed by atoms with Crippen molar-refractivity contribution in [3.8, 4) is 11.1 Å². The van der Waals surface area contributed by atoms with E-state index < -0.39 is 0 Å². The van der Waals surface area contributed by atoms with Crippen LogP contribution in [0, 0.1) is 5.92 Å². The topological polar surface area (TPSA) is 79.0 Å². The molecule has 1 N–H and O–H groups in total. The minimum absolute atomic E-state index is 0.0114. The average molecular weight is 381 g/mol. The SMILES string of the molecule is O=C1[C@@H](Cc2ccc(Cl)nc2)CCN1c1ccc(-c2ccncc2)c(=O)[nH]1. The fourth-order valence-corrected chi connectivity index (χ4v) is 3.47. The molecule has 0 radical (unpaired) electrons. The van der Waals surface area contributed by atoms with Gasteiger partial charge in [0, 0.05) is 36.6 Å². The van der Waals surface area contributed by atoms with Crippen LogP contribution in [0.2, 0.25) is 5.15 Å². The Kier molecular flexibility index (Phi) is 4.73. The van der Waals surface area contributed by atoms with Gasteiger partial charge in [-0.25, -0.2) is 4.98 Å². The Balaban J connectivity index is 1.52. The molecule has 7 heteroatoms. The summed E-state index contributed by atoms with van der Waals surface area (Å²) in [6.45, 7) is 0.578. The number of hydrogen-bond acceptors (Lipinski definition) is 4. The maximum absolute atomic E-state index is 12.8. The molecular weight excluding hydrogens is 364 g/mol. The van der Waals surface area contributed by atoms with Gasteiger partial charge in [0.1, 0.15) is 11.0 Å². The fourth-order valence-electron chi connectivity index (χ4n) is 3.36. The molecule has 0 aliphatic carbocycles. The lowest BCUT2D eigenvalue weighted by Crippen LogP contribution is -2.30. The summed E-state index contributed by atoms with van der Waals surface area (Å²) in [5, 5.41) is 0.435. The molecule has 3 aromatic rings. The number of aromatic nitrogens is 3. The smallest absolute Gasteiger partial charge is 0.257 e. The predicted molar refractivity (Wildman–Crippen MR) is 104 cm³/mol. The van der Waals surface area contributed by atoms with Gasteiger partial charge in [-0.05, 0) is 54.3 Å². The Morgan fingerprint density at radius 3 is 2.63 bits per heavy atom. The first-order valence-electron chi connectivity index (χ1n) is 8.67. The molecule has 4 heterocycles. The molecule has 1 atom stereocenters. The first-order valence-corrected chi connectivity index (χ1v) is 9.05. The molecule has 27 heavy (non-hydrogen) atoms. The van der Waals surface area contributed by atoms with Crippen molar-refractivity contribution in [1.82, 2.24) is 15.0 Å². The van der Waals surface area contributed by atoms with Crippen LogP contribution in [0.15, 0.2) is 59.8 Å². The molecule has 0 aromatic carbocycles. The summed E-state index contributed by atoms with van der Waals surface area (Å²) in [6, 6.07) is 10.7. The Hall–Kier alpha value is -2.99. The number of nitrogens with one attached hydrogen (secondary N) is 1. The van der Waals surface area contributed by atoms with Crippen molar-refractivity contribution < 1.29 is 4.79 Å². The highest BCUT2D eigenvalue weighted by Gasteiger charge is 2.33. The number of carbonyl (C=O) groups is 1. The van der Waals surface area contributed by atoms with Gasteiger partial charge in [0.2, 0.25) is 5.91 Å². The Labute approximate surface area is 160 Å².